The fraction of sp³-hybridized carbons (Fsp3) is 0.0833. The number of H-pyrrole nitrogens is 2. The first-order valence-corrected chi connectivity index (χ1v) is 9.62. The van der Waals surface area contributed by atoms with E-state index in [9.17, 15) is 0 Å². The second-order valence-electron chi connectivity index (χ2n) is 7.20. The number of nitrogens with one attached hydrogen (secondary N) is 3. The van der Waals surface area contributed by atoms with E-state index in [1.165, 1.54) is 5.56 Å². The zero-order valence-corrected chi connectivity index (χ0v) is 16.3. The number of para-hydroxylation sites is 3. The Morgan fingerprint density at radius 1 is 0.862 bits per heavy atom. The SMILES string of the molecule is C/C(=N\Nc1nc2ccccc2[nH]1)c1c(-c2ccc(C)cc2)[nH]c2ccccc12. The van der Waals surface area contributed by atoms with E-state index in [-0.39, 0.29) is 0 Å². The van der Waals surface area contributed by atoms with Crippen molar-refractivity contribution in [2.24, 2.45) is 5.10 Å². The van der Waals surface area contributed by atoms with E-state index in [1.807, 2.05) is 37.3 Å². The molecule has 3 N–H and O–H groups in total. The molecule has 0 spiro atoms. The van der Waals surface area contributed by atoms with Crippen molar-refractivity contribution in [2.45, 2.75) is 13.8 Å². The highest BCUT2D eigenvalue weighted by atomic mass is 15.4. The highest BCUT2D eigenvalue weighted by Crippen LogP contribution is 2.31. The monoisotopic (exact) mass is 379 g/mol. The number of anilines is 1. The zero-order valence-electron chi connectivity index (χ0n) is 16.3. The summed E-state index contributed by atoms with van der Waals surface area (Å²) in [6, 6.07) is 24.8. The molecule has 5 heteroatoms. The minimum atomic E-state index is 0.627. The summed E-state index contributed by atoms with van der Waals surface area (Å²) in [4.78, 5) is 11.4. The quantitative estimate of drug-likeness (QED) is 0.270. The Kier molecular flexibility index (Phi) is 4.13. The lowest BCUT2D eigenvalue weighted by molar-refractivity contribution is 1.20. The maximum absolute atomic E-state index is 4.64. The summed E-state index contributed by atoms with van der Waals surface area (Å²) in [7, 11) is 0. The van der Waals surface area contributed by atoms with E-state index in [4.69, 9.17) is 0 Å². The molecule has 0 fully saturated rings. The van der Waals surface area contributed by atoms with Crippen LogP contribution in [0.1, 0.15) is 18.1 Å². The lowest BCUT2D eigenvalue weighted by Gasteiger charge is -2.06. The molecule has 0 amide bonds. The summed E-state index contributed by atoms with van der Waals surface area (Å²) in [6.45, 7) is 4.11. The van der Waals surface area contributed by atoms with Gasteiger partial charge in [0, 0.05) is 16.5 Å². The molecule has 0 aliphatic heterocycles. The fourth-order valence-electron chi connectivity index (χ4n) is 3.65. The molecule has 29 heavy (non-hydrogen) atoms. The molecule has 2 aromatic heterocycles. The fourth-order valence-corrected chi connectivity index (χ4v) is 3.65. The zero-order chi connectivity index (χ0) is 19.8. The van der Waals surface area contributed by atoms with Crippen molar-refractivity contribution in [3.8, 4) is 11.3 Å². The van der Waals surface area contributed by atoms with Crippen molar-refractivity contribution in [1.29, 1.82) is 0 Å². The molecule has 0 aliphatic carbocycles. The van der Waals surface area contributed by atoms with E-state index in [1.54, 1.807) is 0 Å². The Morgan fingerprint density at radius 3 is 2.38 bits per heavy atom. The second-order valence-corrected chi connectivity index (χ2v) is 7.20. The Balaban J connectivity index is 1.58. The van der Waals surface area contributed by atoms with Crippen LogP contribution in [0.5, 0.6) is 0 Å². The van der Waals surface area contributed by atoms with Gasteiger partial charge < -0.3 is 9.97 Å². The normalized spacial score (nSPS) is 12.0. The van der Waals surface area contributed by atoms with Gasteiger partial charge in [0.1, 0.15) is 0 Å². The van der Waals surface area contributed by atoms with Crippen LogP contribution in [-0.4, -0.2) is 20.7 Å². The molecule has 2 heterocycles. The molecule has 0 unspecified atom stereocenters. The first-order valence-electron chi connectivity index (χ1n) is 9.62. The average molecular weight is 379 g/mol. The lowest BCUT2D eigenvalue weighted by Crippen LogP contribution is -2.02. The molecule has 5 nitrogen and oxygen atoms in total. The van der Waals surface area contributed by atoms with Crippen LogP contribution >= 0.6 is 0 Å². The number of hydrazone groups is 1. The highest BCUT2D eigenvalue weighted by Gasteiger charge is 2.15. The van der Waals surface area contributed by atoms with Crippen molar-refractivity contribution in [3.05, 3.63) is 83.9 Å². The second kappa shape index (κ2) is 6.95. The van der Waals surface area contributed by atoms with Crippen LogP contribution < -0.4 is 5.43 Å². The van der Waals surface area contributed by atoms with E-state index in [2.05, 4.69) is 74.9 Å². The van der Waals surface area contributed by atoms with E-state index in [0.717, 1.165) is 44.5 Å². The number of hydrogen-bond donors (Lipinski definition) is 3. The minimum Gasteiger partial charge on any atom is -0.354 e. The van der Waals surface area contributed by atoms with Gasteiger partial charge in [-0.25, -0.2) is 10.4 Å². The smallest absolute Gasteiger partial charge is 0.222 e. The van der Waals surface area contributed by atoms with Crippen molar-refractivity contribution in [3.63, 3.8) is 0 Å². The number of hydrogen-bond acceptors (Lipinski definition) is 3. The Bertz CT molecular complexity index is 1310. The van der Waals surface area contributed by atoms with E-state index in [0.29, 0.717) is 5.95 Å². The Morgan fingerprint density at radius 2 is 1.59 bits per heavy atom. The topological polar surface area (TPSA) is 68.9 Å². The van der Waals surface area contributed by atoms with Crippen molar-refractivity contribution < 1.29 is 0 Å². The summed E-state index contributed by atoms with van der Waals surface area (Å²) >= 11 is 0. The van der Waals surface area contributed by atoms with Crippen LogP contribution in [0, 0.1) is 6.92 Å². The summed E-state index contributed by atoms with van der Waals surface area (Å²) < 4.78 is 0. The van der Waals surface area contributed by atoms with Crippen molar-refractivity contribution in [1.82, 2.24) is 15.0 Å². The molecule has 0 atom stereocenters. The van der Waals surface area contributed by atoms with Gasteiger partial charge in [-0.15, -0.1) is 0 Å². The van der Waals surface area contributed by atoms with Crippen LogP contribution in [0.15, 0.2) is 77.9 Å². The molecule has 0 radical (unpaired) electrons. The Hall–Kier alpha value is -3.86. The maximum atomic E-state index is 4.64. The van der Waals surface area contributed by atoms with Crippen LogP contribution in [0.4, 0.5) is 5.95 Å². The van der Waals surface area contributed by atoms with Gasteiger partial charge in [-0.1, -0.05) is 60.2 Å². The molecule has 142 valence electrons. The van der Waals surface area contributed by atoms with Crippen LogP contribution in [0.2, 0.25) is 0 Å². The van der Waals surface area contributed by atoms with Gasteiger partial charge in [-0.3, -0.25) is 0 Å². The summed E-state index contributed by atoms with van der Waals surface area (Å²) in [5, 5.41) is 5.79. The van der Waals surface area contributed by atoms with Gasteiger partial charge in [-0.05, 0) is 37.6 Å². The molecule has 5 rings (SSSR count). The van der Waals surface area contributed by atoms with Crippen LogP contribution in [0.25, 0.3) is 33.2 Å². The van der Waals surface area contributed by atoms with E-state index < -0.39 is 0 Å². The number of aromatic nitrogens is 3. The van der Waals surface area contributed by atoms with Gasteiger partial charge in [0.25, 0.3) is 0 Å². The first-order chi connectivity index (χ1) is 14.2. The Labute approximate surface area is 168 Å². The lowest BCUT2D eigenvalue weighted by atomic mass is 10.0. The molecule has 0 saturated carbocycles. The number of aromatic amines is 2. The average Bonchev–Trinajstić information content (AvgIpc) is 3.33. The standard InChI is InChI=1S/C24H21N5/c1-15-11-13-17(14-12-15)23-22(18-7-3-4-8-19(18)25-23)16(2)28-29-24-26-20-9-5-6-10-21(20)27-24/h3-14,25H,1-2H3,(H2,26,27,29)/b28-16+. The third-order valence-electron chi connectivity index (χ3n) is 5.13. The highest BCUT2D eigenvalue weighted by molar-refractivity contribution is 6.14. The molecular formula is C24H21N5. The molecule has 0 bridgehead atoms. The maximum Gasteiger partial charge on any atom is 0.222 e. The number of benzene rings is 3. The molecule has 0 saturated heterocycles. The van der Waals surface area contributed by atoms with Gasteiger partial charge in [-0.2, -0.15) is 5.10 Å². The number of fused-ring (bicyclic) bond motifs is 2. The van der Waals surface area contributed by atoms with Gasteiger partial charge >= 0.3 is 0 Å². The van der Waals surface area contributed by atoms with Gasteiger partial charge in [0.05, 0.1) is 22.4 Å². The van der Waals surface area contributed by atoms with Crippen molar-refractivity contribution in [2.75, 3.05) is 5.43 Å². The molecule has 3 aromatic carbocycles. The van der Waals surface area contributed by atoms with Gasteiger partial charge in [0.2, 0.25) is 5.95 Å². The van der Waals surface area contributed by atoms with Crippen molar-refractivity contribution >= 4 is 33.6 Å². The third-order valence-corrected chi connectivity index (χ3v) is 5.13. The minimum absolute atomic E-state index is 0.627. The number of imidazole rings is 1. The predicted molar refractivity (Wildman–Crippen MR) is 120 cm³/mol. The van der Waals surface area contributed by atoms with Crippen LogP contribution in [0.3, 0.4) is 0 Å². The summed E-state index contributed by atoms with van der Waals surface area (Å²) in [5.74, 6) is 0.627. The number of rotatable bonds is 4. The molecule has 0 aliphatic rings. The summed E-state index contributed by atoms with van der Waals surface area (Å²) in [6.07, 6.45) is 0. The van der Waals surface area contributed by atoms with E-state index >= 15 is 0 Å². The number of aryl methyl sites for hydroxylation is 1. The molecular weight excluding hydrogens is 358 g/mol. The van der Waals surface area contributed by atoms with Crippen LogP contribution in [-0.2, 0) is 0 Å². The summed E-state index contributed by atoms with van der Waals surface area (Å²) in [5.41, 5.74) is 11.5. The van der Waals surface area contributed by atoms with Gasteiger partial charge in [0.15, 0.2) is 0 Å². The first kappa shape index (κ1) is 17.3. The third kappa shape index (κ3) is 3.17. The predicted octanol–water partition coefficient (Wildman–Crippen LogP) is 5.86. The molecule has 5 aromatic rings. The largest absolute Gasteiger partial charge is 0.354 e. The number of nitrogens with zero attached hydrogens (tertiary/aromatic N) is 2.